The van der Waals surface area contributed by atoms with Gasteiger partial charge in [-0.05, 0) is 30.3 Å². The molecule has 3 nitrogen and oxygen atoms in total. The number of carbonyl (C=O) groups excluding carboxylic acids is 1. The van der Waals surface area contributed by atoms with Gasteiger partial charge in [-0.3, -0.25) is 10.1 Å². The van der Waals surface area contributed by atoms with Gasteiger partial charge in [0.25, 0.3) is 5.91 Å². The van der Waals surface area contributed by atoms with Crippen molar-refractivity contribution in [1.29, 1.82) is 0 Å². The summed E-state index contributed by atoms with van der Waals surface area (Å²) < 4.78 is 52.2. The van der Waals surface area contributed by atoms with Crippen molar-refractivity contribution in [3.63, 3.8) is 0 Å². The van der Waals surface area contributed by atoms with Crippen LogP contribution in [-0.4, -0.2) is 10.9 Å². The minimum absolute atomic E-state index is 0.0194. The highest BCUT2D eigenvalue weighted by Gasteiger charge is 2.33. The van der Waals surface area contributed by atoms with Gasteiger partial charge in [0.05, 0.1) is 15.8 Å². The summed E-state index contributed by atoms with van der Waals surface area (Å²) in [5.41, 5.74) is -1.03. The van der Waals surface area contributed by atoms with Crippen LogP contribution in [0.4, 0.5) is 22.7 Å². The normalized spacial score (nSPS) is 11.7. The van der Waals surface area contributed by atoms with E-state index in [1.807, 2.05) is 0 Å². The largest absolute Gasteiger partial charge is 0.418 e. The molecule has 1 amide bonds. The third-order valence-electron chi connectivity index (χ3n) is 3.03. The molecule has 8 heteroatoms. The molecule has 1 N–H and O–H groups in total. The first-order chi connectivity index (χ1) is 10.8. The molecule has 118 valence electrons. The number of halogens is 4. The average Bonchev–Trinajstić information content (AvgIpc) is 2.88. The number of hydrogen-bond donors (Lipinski definition) is 1. The summed E-state index contributed by atoms with van der Waals surface area (Å²) in [6.07, 6.45) is -4.53. The number of nitrogens with zero attached hydrogens (tertiary/aromatic N) is 1. The van der Waals surface area contributed by atoms with E-state index in [9.17, 15) is 22.4 Å². The number of hydrogen-bond acceptors (Lipinski definition) is 3. The second-order valence-corrected chi connectivity index (χ2v) is 5.66. The van der Waals surface area contributed by atoms with Crippen LogP contribution in [-0.2, 0) is 6.18 Å². The molecule has 0 aliphatic heterocycles. The molecule has 1 heterocycles. The maximum atomic E-state index is 13.1. The van der Waals surface area contributed by atoms with Gasteiger partial charge in [0.1, 0.15) is 5.82 Å². The Kier molecular flexibility index (Phi) is 3.77. The lowest BCUT2D eigenvalue weighted by Gasteiger charge is -2.06. The Balaban J connectivity index is 1.94. The van der Waals surface area contributed by atoms with Gasteiger partial charge in [0.15, 0.2) is 5.13 Å². The van der Waals surface area contributed by atoms with Crippen molar-refractivity contribution in [2.45, 2.75) is 6.18 Å². The third-order valence-corrected chi connectivity index (χ3v) is 3.97. The second kappa shape index (κ2) is 5.62. The fourth-order valence-corrected chi connectivity index (χ4v) is 2.92. The molecule has 0 spiro atoms. The summed E-state index contributed by atoms with van der Waals surface area (Å²) in [5.74, 6) is -1.22. The van der Waals surface area contributed by atoms with Crippen molar-refractivity contribution >= 4 is 32.6 Å². The maximum absolute atomic E-state index is 13.1. The van der Waals surface area contributed by atoms with Crippen molar-refractivity contribution in [3.8, 4) is 0 Å². The molecule has 0 atom stereocenters. The van der Waals surface area contributed by atoms with Gasteiger partial charge in [0, 0.05) is 5.56 Å². The van der Waals surface area contributed by atoms with E-state index in [1.165, 1.54) is 30.3 Å². The van der Waals surface area contributed by atoms with E-state index in [-0.39, 0.29) is 16.2 Å². The van der Waals surface area contributed by atoms with Gasteiger partial charge in [-0.15, -0.1) is 0 Å². The smallest absolute Gasteiger partial charge is 0.298 e. The van der Waals surface area contributed by atoms with Crippen molar-refractivity contribution in [2.75, 3.05) is 5.32 Å². The van der Waals surface area contributed by atoms with E-state index in [2.05, 4.69) is 10.3 Å². The van der Waals surface area contributed by atoms with Crippen LogP contribution in [0.2, 0.25) is 0 Å². The zero-order chi connectivity index (χ0) is 16.6. The Morgan fingerprint density at radius 2 is 1.87 bits per heavy atom. The second-order valence-electron chi connectivity index (χ2n) is 4.63. The molecule has 0 fully saturated rings. The molecule has 3 rings (SSSR count). The first-order valence-corrected chi connectivity index (χ1v) is 7.20. The van der Waals surface area contributed by atoms with Crippen LogP contribution in [0.25, 0.3) is 10.2 Å². The standard InChI is InChI=1S/C15H8F4N2OS/c16-9-4-1-3-8(7-9)13(22)21-14-20-12-10(15(17,18)19)5-2-6-11(12)23-14/h1-7H,(H,20,21,22). The quantitative estimate of drug-likeness (QED) is 0.687. The molecule has 0 saturated heterocycles. The van der Waals surface area contributed by atoms with E-state index in [0.717, 1.165) is 23.5 Å². The monoisotopic (exact) mass is 340 g/mol. The van der Waals surface area contributed by atoms with E-state index in [1.54, 1.807) is 0 Å². The molecule has 0 aliphatic carbocycles. The maximum Gasteiger partial charge on any atom is 0.418 e. The topological polar surface area (TPSA) is 42.0 Å². The molecule has 0 saturated carbocycles. The van der Waals surface area contributed by atoms with Gasteiger partial charge in [-0.25, -0.2) is 9.37 Å². The first-order valence-electron chi connectivity index (χ1n) is 6.38. The molecule has 0 aliphatic rings. The summed E-state index contributed by atoms with van der Waals surface area (Å²) in [6, 6.07) is 8.67. The number of fused-ring (bicyclic) bond motifs is 1. The van der Waals surface area contributed by atoms with Crippen molar-refractivity contribution in [1.82, 2.24) is 4.98 Å². The molecule has 1 aromatic heterocycles. The highest BCUT2D eigenvalue weighted by atomic mass is 32.1. The Hall–Kier alpha value is -2.48. The van der Waals surface area contributed by atoms with Gasteiger partial charge >= 0.3 is 6.18 Å². The predicted molar refractivity (Wildman–Crippen MR) is 79.0 cm³/mol. The summed E-state index contributed by atoms with van der Waals surface area (Å²) in [4.78, 5) is 15.8. The molecule has 23 heavy (non-hydrogen) atoms. The number of nitrogens with one attached hydrogen (secondary N) is 1. The molecule has 0 radical (unpaired) electrons. The van der Waals surface area contributed by atoms with E-state index in [0.29, 0.717) is 4.70 Å². The number of rotatable bonds is 2. The predicted octanol–water partition coefficient (Wildman–Crippen LogP) is 4.71. The number of carbonyl (C=O) groups is 1. The minimum atomic E-state index is -4.53. The third kappa shape index (κ3) is 3.16. The van der Waals surface area contributed by atoms with Crippen molar-refractivity contribution in [3.05, 3.63) is 59.4 Å². The lowest BCUT2D eigenvalue weighted by Crippen LogP contribution is -2.12. The van der Waals surface area contributed by atoms with Gasteiger partial charge in [-0.1, -0.05) is 23.5 Å². The Bertz CT molecular complexity index is 889. The van der Waals surface area contributed by atoms with Gasteiger partial charge in [0.2, 0.25) is 0 Å². The number of benzene rings is 2. The summed E-state index contributed by atoms with van der Waals surface area (Å²) in [6.45, 7) is 0. The van der Waals surface area contributed by atoms with Crippen LogP contribution >= 0.6 is 11.3 Å². The highest BCUT2D eigenvalue weighted by molar-refractivity contribution is 7.22. The number of thiazole rings is 1. The minimum Gasteiger partial charge on any atom is -0.298 e. The SMILES string of the molecule is O=C(Nc1nc2c(C(F)(F)F)cccc2s1)c1cccc(F)c1. The average molecular weight is 340 g/mol. The number of alkyl halides is 3. The van der Waals surface area contributed by atoms with Crippen molar-refractivity contribution in [2.24, 2.45) is 0 Å². The zero-order valence-electron chi connectivity index (χ0n) is 11.3. The lowest BCUT2D eigenvalue weighted by molar-refractivity contribution is -0.136. The number of aromatic nitrogens is 1. The lowest BCUT2D eigenvalue weighted by atomic mass is 10.2. The van der Waals surface area contributed by atoms with Crippen LogP contribution < -0.4 is 5.32 Å². The van der Waals surface area contributed by atoms with Crippen molar-refractivity contribution < 1.29 is 22.4 Å². The number of anilines is 1. The Morgan fingerprint density at radius 1 is 1.13 bits per heavy atom. The van der Waals surface area contributed by atoms with Crippen LogP contribution in [0, 0.1) is 5.82 Å². The fourth-order valence-electron chi connectivity index (χ4n) is 2.03. The van der Waals surface area contributed by atoms with Crippen LogP contribution in [0.5, 0.6) is 0 Å². The number of para-hydroxylation sites is 1. The zero-order valence-corrected chi connectivity index (χ0v) is 12.1. The van der Waals surface area contributed by atoms with Crippen LogP contribution in [0.15, 0.2) is 42.5 Å². The first kappa shape index (κ1) is 15.4. The summed E-state index contributed by atoms with van der Waals surface area (Å²) in [7, 11) is 0. The molecule has 3 aromatic rings. The van der Waals surface area contributed by atoms with Gasteiger partial charge in [-0.2, -0.15) is 13.2 Å². The van der Waals surface area contributed by atoms with E-state index >= 15 is 0 Å². The molecule has 0 bridgehead atoms. The van der Waals surface area contributed by atoms with E-state index in [4.69, 9.17) is 0 Å². The Morgan fingerprint density at radius 3 is 2.57 bits per heavy atom. The van der Waals surface area contributed by atoms with Gasteiger partial charge < -0.3 is 0 Å². The molecular weight excluding hydrogens is 332 g/mol. The van der Waals surface area contributed by atoms with Crippen LogP contribution in [0.1, 0.15) is 15.9 Å². The van der Waals surface area contributed by atoms with E-state index < -0.39 is 23.5 Å². The number of amides is 1. The fraction of sp³-hybridized carbons (Fsp3) is 0.0667. The van der Waals surface area contributed by atoms with Crippen LogP contribution in [0.3, 0.4) is 0 Å². The molecular formula is C15H8F4N2OS. The highest BCUT2D eigenvalue weighted by Crippen LogP contribution is 2.37. The molecule has 0 unspecified atom stereocenters. The Labute approximate surface area is 131 Å². The summed E-state index contributed by atoms with van der Waals surface area (Å²) >= 11 is 0.918. The summed E-state index contributed by atoms with van der Waals surface area (Å²) in [5, 5.41) is 2.41. The molecule has 2 aromatic carbocycles.